The van der Waals surface area contributed by atoms with E-state index >= 15 is 0 Å². The highest BCUT2D eigenvalue weighted by Crippen LogP contribution is 2.20. The molecule has 1 N–H and O–H groups in total. The molecule has 0 aliphatic rings. The third-order valence-electron chi connectivity index (χ3n) is 2.60. The highest BCUT2D eigenvalue weighted by molar-refractivity contribution is 6.31. The van der Waals surface area contributed by atoms with Gasteiger partial charge in [0, 0.05) is 6.54 Å². The molecule has 0 fully saturated rings. The molecule has 0 saturated heterocycles. The smallest absolute Gasteiger partial charge is 0.142 e. The maximum Gasteiger partial charge on any atom is 0.142 e. The summed E-state index contributed by atoms with van der Waals surface area (Å²) in [5, 5.41) is 3.40. The monoisotopic (exact) mass is 253 g/mol. The molecule has 2 rings (SSSR count). The molecule has 90 valence electrons. The Morgan fingerprint density at radius 3 is 2.88 bits per heavy atom. The molecule has 0 amide bonds. The molecule has 0 bridgehead atoms. The van der Waals surface area contributed by atoms with Crippen LogP contribution in [0.25, 0.3) is 0 Å². The number of rotatable bonds is 4. The van der Waals surface area contributed by atoms with Crippen LogP contribution in [0, 0.1) is 5.82 Å². The molecule has 1 atom stereocenters. The fourth-order valence-electron chi connectivity index (χ4n) is 1.59. The average molecular weight is 254 g/mol. The van der Waals surface area contributed by atoms with Gasteiger partial charge in [-0.15, -0.1) is 0 Å². The van der Waals surface area contributed by atoms with Crippen molar-refractivity contribution < 1.29 is 8.81 Å². The van der Waals surface area contributed by atoms with E-state index in [1.807, 2.05) is 19.1 Å². The zero-order valence-electron chi connectivity index (χ0n) is 9.41. The lowest BCUT2D eigenvalue weighted by atomic mass is 10.2. The number of benzene rings is 1. The second kappa shape index (κ2) is 5.34. The number of nitrogens with one attached hydrogen (secondary N) is 1. The van der Waals surface area contributed by atoms with Gasteiger partial charge in [-0.1, -0.05) is 23.7 Å². The minimum absolute atomic E-state index is 0.0596. The number of hydrogen-bond acceptors (Lipinski definition) is 2. The van der Waals surface area contributed by atoms with Crippen LogP contribution in [0.15, 0.2) is 41.0 Å². The van der Waals surface area contributed by atoms with Crippen molar-refractivity contribution >= 4 is 11.6 Å². The molecule has 2 aromatic rings. The Morgan fingerprint density at radius 2 is 2.18 bits per heavy atom. The van der Waals surface area contributed by atoms with E-state index in [1.54, 1.807) is 18.4 Å². The summed E-state index contributed by atoms with van der Waals surface area (Å²) in [6.07, 6.45) is 1.63. The number of hydrogen-bond donors (Lipinski definition) is 1. The molecular formula is C13H13ClFNO. The minimum atomic E-state index is -0.392. The van der Waals surface area contributed by atoms with Gasteiger partial charge in [-0.2, -0.15) is 0 Å². The third-order valence-corrected chi connectivity index (χ3v) is 3.02. The van der Waals surface area contributed by atoms with Gasteiger partial charge in [-0.3, -0.25) is 0 Å². The van der Waals surface area contributed by atoms with E-state index in [9.17, 15) is 4.39 Å². The second-order valence-electron chi connectivity index (χ2n) is 3.83. The zero-order valence-corrected chi connectivity index (χ0v) is 10.2. The SMILES string of the molecule is C[C@H](NCc1cccc(F)c1Cl)c1ccco1. The van der Waals surface area contributed by atoms with Crippen LogP contribution >= 0.6 is 11.6 Å². The molecule has 0 aliphatic heterocycles. The van der Waals surface area contributed by atoms with Crippen molar-refractivity contribution in [3.63, 3.8) is 0 Å². The first-order valence-corrected chi connectivity index (χ1v) is 5.76. The molecule has 17 heavy (non-hydrogen) atoms. The van der Waals surface area contributed by atoms with Crippen LogP contribution in [-0.2, 0) is 6.54 Å². The van der Waals surface area contributed by atoms with Crippen molar-refractivity contribution in [1.82, 2.24) is 5.32 Å². The molecule has 4 heteroatoms. The minimum Gasteiger partial charge on any atom is -0.468 e. The van der Waals surface area contributed by atoms with Crippen molar-refractivity contribution in [1.29, 1.82) is 0 Å². The Balaban J connectivity index is 2.00. The maximum absolute atomic E-state index is 13.2. The van der Waals surface area contributed by atoms with E-state index in [4.69, 9.17) is 16.0 Å². The van der Waals surface area contributed by atoms with Crippen LogP contribution in [-0.4, -0.2) is 0 Å². The number of halogens is 2. The highest BCUT2D eigenvalue weighted by Gasteiger charge is 2.10. The summed E-state index contributed by atoms with van der Waals surface area (Å²) in [6, 6.07) is 8.59. The van der Waals surface area contributed by atoms with Gasteiger partial charge in [-0.25, -0.2) is 4.39 Å². The number of furan rings is 1. The second-order valence-corrected chi connectivity index (χ2v) is 4.21. The van der Waals surface area contributed by atoms with Gasteiger partial charge in [0.05, 0.1) is 17.3 Å². The van der Waals surface area contributed by atoms with E-state index in [1.165, 1.54) is 6.07 Å². The van der Waals surface area contributed by atoms with Gasteiger partial charge < -0.3 is 9.73 Å². The predicted molar refractivity (Wildman–Crippen MR) is 65.4 cm³/mol. The van der Waals surface area contributed by atoms with Crippen LogP contribution in [0.5, 0.6) is 0 Å². The standard InChI is InChI=1S/C13H13ClFNO/c1-9(12-6-3-7-17-12)16-8-10-4-2-5-11(15)13(10)14/h2-7,9,16H,8H2,1H3/t9-/m0/s1. The van der Waals surface area contributed by atoms with Gasteiger partial charge in [0.2, 0.25) is 0 Å². The topological polar surface area (TPSA) is 25.2 Å². The first-order chi connectivity index (χ1) is 8.18. The summed E-state index contributed by atoms with van der Waals surface area (Å²) < 4.78 is 18.5. The van der Waals surface area contributed by atoms with Crippen molar-refractivity contribution in [2.75, 3.05) is 0 Å². The fraction of sp³-hybridized carbons (Fsp3) is 0.231. The van der Waals surface area contributed by atoms with Crippen molar-refractivity contribution in [3.05, 3.63) is 58.8 Å². The van der Waals surface area contributed by atoms with Gasteiger partial charge in [0.25, 0.3) is 0 Å². The molecule has 0 spiro atoms. The van der Waals surface area contributed by atoms with Crippen molar-refractivity contribution in [2.24, 2.45) is 0 Å². The van der Waals surface area contributed by atoms with Crippen molar-refractivity contribution in [3.8, 4) is 0 Å². The van der Waals surface area contributed by atoms with E-state index < -0.39 is 5.82 Å². The fourth-order valence-corrected chi connectivity index (χ4v) is 1.78. The highest BCUT2D eigenvalue weighted by atomic mass is 35.5. The molecule has 1 heterocycles. The van der Waals surface area contributed by atoms with Gasteiger partial charge in [0.15, 0.2) is 0 Å². The molecule has 1 aromatic carbocycles. The Hall–Kier alpha value is -1.32. The molecule has 0 aliphatic carbocycles. The summed E-state index contributed by atoms with van der Waals surface area (Å²) in [4.78, 5) is 0. The molecule has 0 radical (unpaired) electrons. The lowest BCUT2D eigenvalue weighted by Crippen LogP contribution is -2.17. The normalized spacial score (nSPS) is 12.6. The van der Waals surface area contributed by atoms with E-state index in [0.717, 1.165) is 11.3 Å². The molecule has 0 unspecified atom stereocenters. The Morgan fingerprint density at radius 1 is 1.35 bits per heavy atom. The lowest BCUT2D eigenvalue weighted by molar-refractivity contribution is 0.430. The van der Waals surface area contributed by atoms with E-state index in [2.05, 4.69) is 5.32 Å². The summed E-state index contributed by atoms with van der Waals surface area (Å²) in [6.45, 7) is 2.48. The van der Waals surface area contributed by atoms with E-state index in [-0.39, 0.29) is 11.1 Å². The first-order valence-electron chi connectivity index (χ1n) is 5.38. The summed E-state index contributed by atoms with van der Waals surface area (Å²) in [7, 11) is 0. The molecule has 0 saturated carbocycles. The Kier molecular flexibility index (Phi) is 3.82. The predicted octanol–water partition coefficient (Wildman–Crippen LogP) is 3.92. The van der Waals surface area contributed by atoms with Gasteiger partial charge in [-0.05, 0) is 30.7 Å². The molecule has 1 aromatic heterocycles. The lowest BCUT2D eigenvalue weighted by Gasteiger charge is -2.12. The van der Waals surface area contributed by atoms with E-state index in [0.29, 0.717) is 6.54 Å². The maximum atomic E-state index is 13.2. The summed E-state index contributed by atoms with van der Waals surface area (Å²) >= 11 is 5.86. The van der Waals surface area contributed by atoms with Crippen LogP contribution in [0.3, 0.4) is 0 Å². The molecular weight excluding hydrogens is 241 g/mol. The summed E-state index contributed by atoms with van der Waals surface area (Å²) in [5.41, 5.74) is 0.741. The Labute approximate surface area is 104 Å². The Bertz CT molecular complexity index is 484. The van der Waals surface area contributed by atoms with Crippen LogP contribution < -0.4 is 5.32 Å². The third kappa shape index (κ3) is 2.87. The quantitative estimate of drug-likeness (QED) is 0.893. The van der Waals surface area contributed by atoms with Crippen LogP contribution in [0.1, 0.15) is 24.3 Å². The zero-order chi connectivity index (χ0) is 12.3. The van der Waals surface area contributed by atoms with Crippen LogP contribution in [0.2, 0.25) is 5.02 Å². The average Bonchev–Trinajstić information content (AvgIpc) is 2.84. The van der Waals surface area contributed by atoms with Gasteiger partial charge in [0.1, 0.15) is 11.6 Å². The van der Waals surface area contributed by atoms with Crippen LogP contribution in [0.4, 0.5) is 4.39 Å². The summed E-state index contributed by atoms with van der Waals surface area (Å²) in [5.74, 6) is 0.453. The van der Waals surface area contributed by atoms with Crippen molar-refractivity contribution in [2.45, 2.75) is 19.5 Å². The molecule has 2 nitrogen and oxygen atoms in total. The van der Waals surface area contributed by atoms with Gasteiger partial charge >= 0.3 is 0 Å². The first kappa shape index (κ1) is 12.1. The largest absolute Gasteiger partial charge is 0.468 e.